The van der Waals surface area contributed by atoms with Crippen molar-refractivity contribution in [3.8, 4) is 0 Å². The van der Waals surface area contributed by atoms with Crippen molar-refractivity contribution in [2.45, 2.75) is 18.0 Å². The summed E-state index contributed by atoms with van der Waals surface area (Å²) in [5, 5.41) is -1.29. The summed E-state index contributed by atoms with van der Waals surface area (Å²) in [5.74, 6) is -0.764. The van der Waals surface area contributed by atoms with Gasteiger partial charge >= 0.3 is 6.18 Å². The highest BCUT2D eigenvalue weighted by atomic mass is 32.2. The lowest BCUT2D eigenvalue weighted by atomic mass is 9.87. The van der Waals surface area contributed by atoms with Gasteiger partial charge in [0.05, 0.1) is 11.0 Å². The lowest BCUT2D eigenvalue weighted by Crippen LogP contribution is -2.64. The summed E-state index contributed by atoms with van der Waals surface area (Å²) < 4.78 is 62.9. The second kappa shape index (κ2) is 4.21. The average molecular weight is 305 g/mol. The van der Waals surface area contributed by atoms with Crippen LogP contribution in [0.15, 0.2) is 30.3 Å². The van der Waals surface area contributed by atoms with E-state index in [1.165, 1.54) is 0 Å². The second-order valence-electron chi connectivity index (χ2n) is 5.60. The molecular formula is C13H14F3NO2S. The first-order chi connectivity index (χ1) is 9.25. The minimum Gasteiger partial charge on any atom is -0.297 e. The van der Waals surface area contributed by atoms with Gasteiger partial charge in [-0.25, -0.2) is 8.42 Å². The Balaban J connectivity index is 1.83. The second-order valence-corrected chi connectivity index (χ2v) is 7.79. The number of nitrogens with zero attached hydrogens (tertiary/aromatic N) is 1. The highest BCUT2D eigenvalue weighted by Crippen LogP contribution is 2.56. The molecule has 7 heteroatoms. The molecule has 2 saturated heterocycles. The van der Waals surface area contributed by atoms with E-state index in [2.05, 4.69) is 0 Å². The number of benzene rings is 1. The molecule has 2 fully saturated rings. The average Bonchev–Trinajstić information content (AvgIpc) is 2.66. The minimum atomic E-state index is -4.46. The number of fused-ring (bicyclic) bond motifs is 1. The van der Waals surface area contributed by atoms with Crippen LogP contribution in [0, 0.1) is 5.41 Å². The van der Waals surface area contributed by atoms with Gasteiger partial charge in [-0.05, 0) is 5.56 Å². The van der Waals surface area contributed by atoms with E-state index in [0.29, 0.717) is 6.54 Å². The Kier molecular flexibility index (Phi) is 2.92. The third kappa shape index (κ3) is 1.95. The van der Waals surface area contributed by atoms with Crippen molar-refractivity contribution >= 4 is 9.84 Å². The molecule has 0 amide bonds. The van der Waals surface area contributed by atoms with E-state index in [1.807, 2.05) is 30.3 Å². The van der Waals surface area contributed by atoms with E-state index in [9.17, 15) is 21.6 Å². The first kappa shape index (κ1) is 13.9. The van der Waals surface area contributed by atoms with Crippen LogP contribution in [0.25, 0.3) is 0 Å². The lowest BCUT2D eigenvalue weighted by Gasteiger charge is -2.44. The molecule has 0 spiro atoms. The molecule has 2 aliphatic rings. The Hall–Kier alpha value is -1.08. The zero-order valence-corrected chi connectivity index (χ0v) is 11.4. The summed E-state index contributed by atoms with van der Waals surface area (Å²) >= 11 is 0. The zero-order chi connectivity index (χ0) is 14.6. The van der Waals surface area contributed by atoms with Crippen molar-refractivity contribution in [1.82, 2.24) is 4.90 Å². The predicted molar refractivity (Wildman–Crippen MR) is 67.8 cm³/mol. The van der Waals surface area contributed by atoms with Crippen LogP contribution in [0.5, 0.6) is 0 Å². The molecule has 0 radical (unpaired) electrons. The van der Waals surface area contributed by atoms with E-state index >= 15 is 0 Å². The summed E-state index contributed by atoms with van der Waals surface area (Å²) in [4.78, 5) is 1.60. The van der Waals surface area contributed by atoms with Gasteiger partial charge in [0.15, 0.2) is 9.84 Å². The normalized spacial score (nSPS) is 32.6. The molecule has 0 aromatic heterocycles. The number of likely N-dealkylation sites (tertiary alicyclic amines) is 1. The Morgan fingerprint density at radius 1 is 1.25 bits per heavy atom. The molecule has 2 aliphatic heterocycles. The Morgan fingerprint density at radius 3 is 2.40 bits per heavy atom. The molecule has 2 atom stereocenters. The van der Waals surface area contributed by atoms with Crippen molar-refractivity contribution in [1.29, 1.82) is 0 Å². The van der Waals surface area contributed by atoms with Crippen LogP contribution in [0.1, 0.15) is 5.56 Å². The van der Waals surface area contributed by atoms with Crippen LogP contribution < -0.4 is 0 Å². The van der Waals surface area contributed by atoms with Crippen LogP contribution >= 0.6 is 0 Å². The van der Waals surface area contributed by atoms with Crippen LogP contribution in [-0.4, -0.2) is 43.6 Å². The smallest absolute Gasteiger partial charge is 0.297 e. The molecule has 1 aromatic rings. The fraction of sp³-hybridized carbons (Fsp3) is 0.538. The molecule has 3 nitrogen and oxygen atoms in total. The summed E-state index contributed by atoms with van der Waals surface area (Å²) in [5.41, 5.74) is -1.16. The number of sulfone groups is 1. The van der Waals surface area contributed by atoms with Crippen molar-refractivity contribution in [2.75, 3.05) is 18.8 Å². The van der Waals surface area contributed by atoms with Crippen LogP contribution in [0.2, 0.25) is 0 Å². The van der Waals surface area contributed by atoms with Crippen molar-refractivity contribution in [3.63, 3.8) is 0 Å². The van der Waals surface area contributed by atoms with Gasteiger partial charge in [0.25, 0.3) is 0 Å². The Bertz CT molecular complexity index is 614. The first-order valence-electron chi connectivity index (χ1n) is 6.29. The summed E-state index contributed by atoms with van der Waals surface area (Å²) in [7, 11) is -3.59. The van der Waals surface area contributed by atoms with Gasteiger partial charge in [-0.15, -0.1) is 0 Å². The number of hydrogen-bond donors (Lipinski definition) is 0. The summed E-state index contributed by atoms with van der Waals surface area (Å²) in [6.07, 6.45) is -4.46. The quantitative estimate of drug-likeness (QED) is 0.837. The molecule has 0 saturated carbocycles. The summed E-state index contributed by atoms with van der Waals surface area (Å²) in [6, 6.07) is 9.12. The van der Waals surface area contributed by atoms with Gasteiger partial charge < -0.3 is 0 Å². The SMILES string of the molecule is O=S1(=O)C[C@@]2(C(F)(F)F)CN(Cc3ccccc3)C[C@H]21. The molecular weight excluding hydrogens is 291 g/mol. The van der Waals surface area contributed by atoms with Gasteiger partial charge in [0.1, 0.15) is 5.41 Å². The molecule has 110 valence electrons. The van der Waals surface area contributed by atoms with Gasteiger partial charge in [0.2, 0.25) is 0 Å². The van der Waals surface area contributed by atoms with E-state index in [-0.39, 0.29) is 13.1 Å². The fourth-order valence-corrected chi connectivity index (χ4v) is 5.74. The Morgan fingerprint density at radius 2 is 1.90 bits per heavy atom. The molecule has 0 bridgehead atoms. The van der Waals surface area contributed by atoms with Crippen LogP contribution in [0.4, 0.5) is 13.2 Å². The van der Waals surface area contributed by atoms with Gasteiger partial charge in [-0.2, -0.15) is 13.2 Å². The van der Waals surface area contributed by atoms with Crippen LogP contribution in [-0.2, 0) is 16.4 Å². The molecule has 3 rings (SSSR count). The number of hydrogen-bond acceptors (Lipinski definition) is 3. The third-order valence-electron chi connectivity index (χ3n) is 4.25. The maximum Gasteiger partial charge on any atom is 0.398 e. The Labute approximate surface area is 115 Å². The molecule has 1 aromatic carbocycles. The van der Waals surface area contributed by atoms with Crippen molar-refractivity contribution < 1.29 is 21.6 Å². The van der Waals surface area contributed by atoms with Crippen molar-refractivity contribution in [2.24, 2.45) is 5.41 Å². The minimum absolute atomic E-state index is 0.0310. The van der Waals surface area contributed by atoms with E-state index in [4.69, 9.17) is 0 Å². The monoisotopic (exact) mass is 305 g/mol. The van der Waals surface area contributed by atoms with Gasteiger partial charge in [0, 0.05) is 19.6 Å². The molecule has 20 heavy (non-hydrogen) atoms. The lowest BCUT2D eigenvalue weighted by molar-refractivity contribution is -0.215. The first-order valence-corrected chi connectivity index (χ1v) is 8.01. The van der Waals surface area contributed by atoms with E-state index in [0.717, 1.165) is 5.56 Å². The highest BCUT2D eigenvalue weighted by molar-refractivity contribution is 7.93. The number of rotatable bonds is 2. The largest absolute Gasteiger partial charge is 0.398 e. The highest BCUT2D eigenvalue weighted by Gasteiger charge is 2.74. The topological polar surface area (TPSA) is 37.4 Å². The van der Waals surface area contributed by atoms with E-state index < -0.39 is 32.4 Å². The third-order valence-corrected chi connectivity index (χ3v) is 6.64. The van der Waals surface area contributed by atoms with Crippen LogP contribution in [0.3, 0.4) is 0 Å². The maximum absolute atomic E-state index is 13.2. The standard InChI is InChI=1S/C13H14F3NO2S/c14-13(15,16)12-8-17(6-10-4-2-1-3-5-10)7-11(12)20(18,19)9-12/h1-5,11H,6-9H2/t11-,12+/m1/s1. The van der Waals surface area contributed by atoms with E-state index in [1.54, 1.807) is 4.90 Å². The van der Waals surface area contributed by atoms with Gasteiger partial charge in [-0.1, -0.05) is 30.3 Å². The summed E-state index contributed by atoms with van der Waals surface area (Å²) in [6.45, 7) is 0.0940. The molecule has 2 heterocycles. The molecule has 0 unspecified atom stereocenters. The number of alkyl halides is 3. The maximum atomic E-state index is 13.2. The molecule has 0 N–H and O–H groups in total. The van der Waals surface area contributed by atoms with Crippen molar-refractivity contribution in [3.05, 3.63) is 35.9 Å². The fourth-order valence-electron chi connectivity index (χ4n) is 3.25. The zero-order valence-electron chi connectivity index (χ0n) is 10.6. The number of halogens is 3. The van der Waals surface area contributed by atoms with Gasteiger partial charge in [-0.3, -0.25) is 4.90 Å². The predicted octanol–water partition coefficient (Wildman–Crippen LogP) is 1.85. The molecule has 0 aliphatic carbocycles.